The predicted octanol–water partition coefficient (Wildman–Crippen LogP) is 2.11. The van der Waals surface area contributed by atoms with Gasteiger partial charge >= 0.3 is 0 Å². The van der Waals surface area contributed by atoms with Crippen molar-refractivity contribution in [1.82, 2.24) is 9.80 Å². The molecular formula is C14H27N3O3S. The van der Waals surface area contributed by atoms with Crippen molar-refractivity contribution in [2.24, 2.45) is 5.92 Å². The molecule has 1 atom stereocenters. The fraction of sp³-hybridized carbons (Fsp3) is 0.857. The Hall–Kier alpha value is -0.790. The molecule has 6 nitrogen and oxygen atoms in total. The van der Waals surface area contributed by atoms with E-state index in [4.69, 9.17) is 4.74 Å². The minimum atomic E-state index is -0.388. The number of ether oxygens (including phenoxy) is 1. The Bertz CT molecular complexity index is 346. The largest absolute Gasteiger partial charge is 0.381 e. The minimum absolute atomic E-state index is 0.388. The van der Waals surface area contributed by atoms with Gasteiger partial charge in [0.25, 0.3) is 6.20 Å². The number of hydrogen-bond donors (Lipinski definition) is 0. The maximum absolute atomic E-state index is 10.6. The van der Waals surface area contributed by atoms with Crippen LogP contribution in [0.5, 0.6) is 0 Å². The Balaban J connectivity index is 2.30. The molecule has 122 valence electrons. The van der Waals surface area contributed by atoms with Crippen molar-refractivity contribution >= 4 is 11.8 Å². The molecule has 0 bridgehead atoms. The van der Waals surface area contributed by atoms with Crippen molar-refractivity contribution in [1.29, 1.82) is 0 Å². The van der Waals surface area contributed by atoms with E-state index in [9.17, 15) is 10.1 Å². The third-order valence-corrected chi connectivity index (χ3v) is 4.59. The Morgan fingerprint density at radius 3 is 2.81 bits per heavy atom. The highest BCUT2D eigenvalue weighted by molar-refractivity contribution is 8.02. The maximum atomic E-state index is 10.6. The van der Waals surface area contributed by atoms with Gasteiger partial charge in [0.05, 0.1) is 11.5 Å². The summed E-state index contributed by atoms with van der Waals surface area (Å²) in [5.74, 6) is 0.666. The molecule has 0 N–H and O–H groups in total. The highest BCUT2D eigenvalue weighted by Crippen LogP contribution is 2.16. The van der Waals surface area contributed by atoms with Crippen LogP contribution in [0.3, 0.4) is 0 Å². The summed E-state index contributed by atoms with van der Waals surface area (Å²) >= 11 is 1.41. The van der Waals surface area contributed by atoms with E-state index in [0.29, 0.717) is 10.9 Å². The van der Waals surface area contributed by atoms with Crippen LogP contribution in [0.15, 0.2) is 11.2 Å². The van der Waals surface area contributed by atoms with Crippen LogP contribution in [0, 0.1) is 16.0 Å². The normalized spacial score (nSPS) is 19.2. The van der Waals surface area contributed by atoms with E-state index >= 15 is 0 Å². The third kappa shape index (κ3) is 7.15. The molecule has 1 fully saturated rings. The van der Waals surface area contributed by atoms with Gasteiger partial charge in [-0.3, -0.25) is 10.1 Å². The molecule has 0 aromatic carbocycles. The lowest BCUT2D eigenvalue weighted by atomic mass is 10.1. The van der Waals surface area contributed by atoms with E-state index in [2.05, 4.69) is 11.8 Å². The minimum Gasteiger partial charge on any atom is -0.381 e. The second-order valence-corrected chi connectivity index (χ2v) is 6.18. The monoisotopic (exact) mass is 317 g/mol. The van der Waals surface area contributed by atoms with Gasteiger partial charge in [-0.2, -0.15) is 0 Å². The Kier molecular flexibility index (Phi) is 8.72. The number of nitro groups is 1. The standard InChI is InChI=1S/C14H27N3O3S/c1-4-16(10-13-6-9-20-12-13)8-5-7-15(2)14(21-3)11-17(18)19/h11,13H,4-10,12H2,1-3H3. The Morgan fingerprint density at radius 2 is 2.29 bits per heavy atom. The van der Waals surface area contributed by atoms with Gasteiger partial charge in [0, 0.05) is 26.7 Å². The van der Waals surface area contributed by atoms with E-state index in [0.717, 1.165) is 52.0 Å². The first kappa shape index (κ1) is 18.3. The summed E-state index contributed by atoms with van der Waals surface area (Å²) in [6.45, 7) is 7.96. The van der Waals surface area contributed by atoms with E-state index < -0.39 is 0 Å². The van der Waals surface area contributed by atoms with Crippen molar-refractivity contribution in [3.63, 3.8) is 0 Å². The smallest absolute Gasteiger partial charge is 0.264 e. The summed E-state index contributed by atoms with van der Waals surface area (Å²) in [4.78, 5) is 14.6. The molecular weight excluding hydrogens is 290 g/mol. The molecule has 0 saturated carbocycles. The van der Waals surface area contributed by atoms with Crippen molar-refractivity contribution in [3.05, 3.63) is 21.3 Å². The zero-order chi connectivity index (χ0) is 15.7. The van der Waals surface area contributed by atoms with E-state index in [-0.39, 0.29) is 4.92 Å². The van der Waals surface area contributed by atoms with Gasteiger partial charge in [-0.25, -0.2) is 0 Å². The van der Waals surface area contributed by atoms with Gasteiger partial charge in [0.2, 0.25) is 0 Å². The summed E-state index contributed by atoms with van der Waals surface area (Å²) < 4.78 is 5.42. The fourth-order valence-corrected chi connectivity index (χ4v) is 3.10. The van der Waals surface area contributed by atoms with Gasteiger partial charge in [-0.15, -0.1) is 11.8 Å². The number of thioether (sulfide) groups is 1. The van der Waals surface area contributed by atoms with Gasteiger partial charge in [-0.05, 0) is 38.1 Å². The average Bonchev–Trinajstić information content (AvgIpc) is 2.96. The van der Waals surface area contributed by atoms with Gasteiger partial charge in [-0.1, -0.05) is 6.92 Å². The van der Waals surface area contributed by atoms with Gasteiger partial charge in [0.1, 0.15) is 5.03 Å². The number of nitrogens with zero attached hydrogens (tertiary/aromatic N) is 3. The van der Waals surface area contributed by atoms with E-state index in [1.54, 1.807) is 0 Å². The van der Waals surface area contributed by atoms with Crippen LogP contribution in [-0.2, 0) is 4.74 Å². The summed E-state index contributed by atoms with van der Waals surface area (Å²) in [6.07, 6.45) is 5.12. The zero-order valence-corrected chi connectivity index (χ0v) is 14.1. The molecule has 1 aliphatic rings. The lowest BCUT2D eigenvalue weighted by Crippen LogP contribution is -2.32. The summed E-state index contributed by atoms with van der Waals surface area (Å²) in [5.41, 5.74) is 0. The molecule has 1 rings (SSSR count). The molecule has 1 saturated heterocycles. The highest BCUT2D eigenvalue weighted by Gasteiger charge is 2.18. The van der Waals surface area contributed by atoms with Crippen molar-refractivity contribution in [3.8, 4) is 0 Å². The number of rotatable bonds is 10. The van der Waals surface area contributed by atoms with Crippen LogP contribution in [0.4, 0.5) is 0 Å². The second-order valence-electron chi connectivity index (χ2n) is 5.35. The first-order valence-corrected chi connectivity index (χ1v) is 8.69. The predicted molar refractivity (Wildman–Crippen MR) is 86.9 cm³/mol. The summed E-state index contributed by atoms with van der Waals surface area (Å²) in [5, 5.41) is 11.3. The Labute approximate surface area is 131 Å². The topological polar surface area (TPSA) is 58.9 Å². The molecule has 21 heavy (non-hydrogen) atoms. The maximum Gasteiger partial charge on any atom is 0.264 e. The zero-order valence-electron chi connectivity index (χ0n) is 13.3. The van der Waals surface area contributed by atoms with E-state index in [1.807, 2.05) is 18.2 Å². The van der Waals surface area contributed by atoms with Crippen molar-refractivity contribution in [2.75, 3.05) is 52.7 Å². The third-order valence-electron chi connectivity index (χ3n) is 3.76. The van der Waals surface area contributed by atoms with Crippen LogP contribution < -0.4 is 0 Å². The van der Waals surface area contributed by atoms with Crippen LogP contribution in [-0.4, -0.2) is 67.4 Å². The first-order chi connectivity index (χ1) is 10.1. The summed E-state index contributed by atoms with van der Waals surface area (Å²) in [6, 6.07) is 0. The number of hydrogen-bond acceptors (Lipinski definition) is 6. The van der Waals surface area contributed by atoms with Crippen LogP contribution >= 0.6 is 11.8 Å². The fourth-order valence-electron chi connectivity index (χ4n) is 2.51. The quantitative estimate of drug-likeness (QED) is 0.454. The molecule has 0 radical (unpaired) electrons. The van der Waals surface area contributed by atoms with E-state index in [1.165, 1.54) is 18.2 Å². The van der Waals surface area contributed by atoms with Crippen LogP contribution in [0.2, 0.25) is 0 Å². The van der Waals surface area contributed by atoms with Crippen molar-refractivity contribution in [2.45, 2.75) is 19.8 Å². The van der Waals surface area contributed by atoms with Crippen LogP contribution in [0.25, 0.3) is 0 Å². The van der Waals surface area contributed by atoms with Gasteiger partial charge < -0.3 is 14.5 Å². The SMILES string of the molecule is CCN(CCCN(C)C(=C[N+](=O)[O-])SC)CC1CCOC1. The second kappa shape index (κ2) is 10.0. The summed E-state index contributed by atoms with van der Waals surface area (Å²) in [7, 11) is 1.91. The van der Waals surface area contributed by atoms with Crippen molar-refractivity contribution < 1.29 is 9.66 Å². The average molecular weight is 317 g/mol. The lowest BCUT2D eigenvalue weighted by molar-refractivity contribution is -0.403. The highest BCUT2D eigenvalue weighted by atomic mass is 32.2. The molecule has 1 heterocycles. The molecule has 0 spiro atoms. The molecule has 1 aliphatic heterocycles. The lowest BCUT2D eigenvalue weighted by Gasteiger charge is -2.25. The van der Waals surface area contributed by atoms with Gasteiger partial charge in [0.15, 0.2) is 0 Å². The molecule has 7 heteroatoms. The molecule has 1 unspecified atom stereocenters. The first-order valence-electron chi connectivity index (χ1n) is 7.47. The molecule has 0 amide bonds. The molecule has 0 aromatic heterocycles. The van der Waals surface area contributed by atoms with Crippen LogP contribution in [0.1, 0.15) is 19.8 Å². The molecule has 0 aromatic rings. The molecule has 0 aliphatic carbocycles. The Morgan fingerprint density at radius 1 is 1.52 bits per heavy atom.